The van der Waals surface area contributed by atoms with Crippen LogP contribution in [-0.4, -0.2) is 43.3 Å². The molecule has 0 radical (unpaired) electrons. The fourth-order valence-electron chi connectivity index (χ4n) is 3.66. The molecule has 2 fully saturated rings. The summed E-state index contributed by atoms with van der Waals surface area (Å²) >= 11 is 0. The first-order chi connectivity index (χ1) is 9.85. The van der Waals surface area contributed by atoms with Crippen LogP contribution >= 0.6 is 0 Å². The van der Waals surface area contributed by atoms with E-state index in [4.69, 9.17) is 4.74 Å². The maximum atomic E-state index is 5.58. The van der Waals surface area contributed by atoms with Crippen LogP contribution in [0.3, 0.4) is 0 Å². The van der Waals surface area contributed by atoms with Crippen molar-refractivity contribution in [1.29, 1.82) is 0 Å². The second-order valence-electron chi connectivity index (χ2n) is 6.18. The SMILES string of the molecule is COC1CCCC1NC1CCN(Cc2ccccc2)C1. The molecule has 1 aromatic rings. The highest BCUT2D eigenvalue weighted by Crippen LogP contribution is 2.23. The predicted octanol–water partition coefficient (Wildman–Crippen LogP) is 2.42. The Bertz CT molecular complexity index is 409. The van der Waals surface area contributed by atoms with Crippen molar-refractivity contribution in [3.8, 4) is 0 Å². The molecule has 3 nitrogen and oxygen atoms in total. The van der Waals surface area contributed by atoms with Gasteiger partial charge in [-0.05, 0) is 31.2 Å². The summed E-state index contributed by atoms with van der Waals surface area (Å²) < 4.78 is 5.58. The van der Waals surface area contributed by atoms with Gasteiger partial charge in [0.1, 0.15) is 0 Å². The number of ether oxygens (including phenoxy) is 1. The van der Waals surface area contributed by atoms with Gasteiger partial charge in [0.05, 0.1) is 6.10 Å². The first-order valence-corrected chi connectivity index (χ1v) is 7.90. The number of nitrogens with zero attached hydrogens (tertiary/aromatic N) is 1. The highest BCUT2D eigenvalue weighted by atomic mass is 16.5. The molecule has 1 saturated carbocycles. The third-order valence-electron chi connectivity index (χ3n) is 4.73. The molecule has 1 aromatic carbocycles. The Kier molecular flexibility index (Phi) is 4.71. The van der Waals surface area contributed by atoms with Crippen molar-refractivity contribution in [3.63, 3.8) is 0 Å². The second-order valence-corrected chi connectivity index (χ2v) is 6.18. The number of benzene rings is 1. The van der Waals surface area contributed by atoms with Gasteiger partial charge in [-0.3, -0.25) is 4.90 Å². The Morgan fingerprint density at radius 3 is 2.85 bits per heavy atom. The molecule has 0 spiro atoms. The van der Waals surface area contributed by atoms with Gasteiger partial charge in [0.25, 0.3) is 0 Å². The lowest BCUT2D eigenvalue weighted by atomic mass is 10.1. The Balaban J connectivity index is 1.47. The Hall–Kier alpha value is -0.900. The van der Waals surface area contributed by atoms with E-state index in [0.717, 1.165) is 6.54 Å². The van der Waals surface area contributed by atoms with Gasteiger partial charge < -0.3 is 10.1 Å². The van der Waals surface area contributed by atoms with Crippen LogP contribution in [-0.2, 0) is 11.3 Å². The third kappa shape index (κ3) is 3.40. The molecule has 3 heteroatoms. The molecule has 1 aliphatic heterocycles. The van der Waals surface area contributed by atoms with Crippen molar-refractivity contribution in [2.24, 2.45) is 0 Å². The van der Waals surface area contributed by atoms with Crippen LogP contribution in [0.15, 0.2) is 30.3 Å². The second kappa shape index (κ2) is 6.70. The van der Waals surface area contributed by atoms with E-state index >= 15 is 0 Å². The first-order valence-electron chi connectivity index (χ1n) is 7.90. The monoisotopic (exact) mass is 274 g/mol. The molecule has 20 heavy (non-hydrogen) atoms. The van der Waals surface area contributed by atoms with E-state index in [0.29, 0.717) is 18.2 Å². The molecule has 3 rings (SSSR count). The number of nitrogens with one attached hydrogen (secondary N) is 1. The highest BCUT2D eigenvalue weighted by Gasteiger charge is 2.31. The van der Waals surface area contributed by atoms with Crippen LogP contribution in [0.4, 0.5) is 0 Å². The van der Waals surface area contributed by atoms with Gasteiger partial charge >= 0.3 is 0 Å². The van der Waals surface area contributed by atoms with E-state index in [1.165, 1.54) is 44.3 Å². The van der Waals surface area contributed by atoms with Crippen molar-refractivity contribution < 1.29 is 4.74 Å². The van der Waals surface area contributed by atoms with Crippen LogP contribution < -0.4 is 5.32 Å². The summed E-state index contributed by atoms with van der Waals surface area (Å²) in [4.78, 5) is 2.56. The molecular weight excluding hydrogens is 248 g/mol. The Morgan fingerprint density at radius 1 is 1.20 bits per heavy atom. The average molecular weight is 274 g/mol. The van der Waals surface area contributed by atoms with E-state index in [1.807, 2.05) is 7.11 Å². The van der Waals surface area contributed by atoms with E-state index in [1.54, 1.807) is 0 Å². The van der Waals surface area contributed by atoms with Crippen LogP contribution in [0.5, 0.6) is 0 Å². The number of rotatable bonds is 5. The molecule has 1 aliphatic carbocycles. The quantitative estimate of drug-likeness (QED) is 0.892. The zero-order valence-electron chi connectivity index (χ0n) is 12.4. The summed E-state index contributed by atoms with van der Waals surface area (Å²) in [7, 11) is 1.85. The van der Waals surface area contributed by atoms with Crippen LogP contribution in [0.25, 0.3) is 0 Å². The van der Waals surface area contributed by atoms with Gasteiger partial charge in [0, 0.05) is 38.8 Å². The van der Waals surface area contributed by atoms with Gasteiger partial charge in [0.15, 0.2) is 0 Å². The number of hydrogen-bond acceptors (Lipinski definition) is 3. The lowest BCUT2D eigenvalue weighted by Gasteiger charge is -2.24. The van der Waals surface area contributed by atoms with Gasteiger partial charge in [-0.15, -0.1) is 0 Å². The van der Waals surface area contributed by atoms with E-state index < -0.39 is 0 Å². The standard InChI is InChI=1S/C17H26N2O/c1-20-17-9-5-8-16(17)18-15-10-11-19(13-15)12-14-6-3-2-4-7-14/h2-4,6-7,15-18H,5,8-13H2,1H3. The van der Waals surface area contributed by atoms with Crippen molar-refractivity contribution >= 4 is 0 Å². The van der Waals surface area contributed by atoms with E-state index in [2.05, 4.69) is 40.5 Å². The topological polar surface area (TPSA) is 24.5 Å². The molecular formula is C17H26N2O. The number of hydrogen-bond donors (Lipinski definition) is 1. The largest absolute Gasteiger partial charge is 0.380 e. The summed E-state index contributed by atoms with van der Waals surface area (Å²) in [5, 5.41) is 3.83. The molecule has 2 aliphatic rings. The average Bonchev–Trinajstić information content (AvgIpc) is 3.10. The van der Waals surface area contributed by atoms with E-state index in [9.17, 15) is 0 Å². The van der Waals surface area contributed by atoms with Crippen molar-refractivity contribution in [3.05, 3.63) is 35.9 Å². The predicted molar refractivity (Wildman–Crippen MR) is 81.7 cm³/mol. The third-order valence-corrected chi connectivity index (χ3v) is 4.73. The van der Waals surface area contributed by atoms with Crippen LogP contribution in [0.2, 0.25) is 0 Å². The minimum Gasteiger partial charge on any atom is -0.380 e. The fraction of sp³-hybridized carbons (Fsp3) is 0.647. The van der Waals surface area contributed by atoms with Crippen molar-refractivity contribution in [2.45, 2.75) is 50.4 Å². The number of likely N-dealkylation sites (tertiary alicyclic amines) is 1. The van der Waals surface area contributed by atoms with E-state index in [-0.39, 0.29) is 0 Å². The van der Waals surface area contributed by atoms with Gasteiger partial charge in [-0.1, -0.05) is 30.3 Å². The minimum atomic E-state index is 0.429. The molecule has 1 N–H and O–H groups in total. The Labute approximate surface area is 122 Å². The maximum absolute atomic E-state index is 5.58. The summed E-state index contributed by atoms with van der Waals surface area (Å²) in [6.07, 6.45) is 5.48. The fourth-order valence-corrected chi connectivity index (χ4v) is 3.66. The smallest absolute Gasteiger partial charge is 0.0724 e. The zero-order chi connectivity index (χ0) is 13.8. The summed E-state index contributed by atoms with van der Waals surface area (Å²) in [6, 6.07) is 12.0. The zero-order valence-corrected chi connectivity index (χ0v) is 12.4. The molecule has 0 aromatic heterocycles. The highest BCUT2D eigenvalue weighted by molar-refractivity contribution is 5.14. The molecule has 3 atom stereocenters. The number of methoxy groups -OCH3 is 1. The minimum absolute atomic E-state index is 0.429. The normalized spacial score (nSPS) is 30.9. The lowest BCUT2D eigenvalue weighted by Crippen LogP contribution is -2.44. The molecule has 0 amide bonds. The summed E-state index contributed by atoms with van der Waals surface area (Å²) in [6.45, 7) is 3.45. The van der Waals surface area contributed by atoms with Gasteiger partial charge in [0.2, 0.25) is 0 Å². The maximum Gasteiger partial charge on any atom is 0.0724 e. The summed E-state index contributed by atoms with van der Waals surface area (Å²) in [5.41, 5.74) is 1.42. The summed E-state index contributed by atoms with van der Waals surface area (Å²) in [5.74, 6) is 0. The molecule has 110 valence electrons. The van der Waals surface area contributed by atoms with Crippen molar-refractivity contribution in [1.82, 2.24) is 10.2 Å². The van der Waals surface area contributed by atoms with Gasteiger partial charge in [-0.2, -0.15) is 0 Å². The van der Waals surface area contributed by atoms with Gasteiger partial charge in [-0.25, -0.2) is 0 Å². The van der Waals surface area contributed by atoms with Crippen LogP contribution in [0.1, 0.15) is 31.2 Å². The Morgan fingerprint density at radius 2 is 2.05 bits per heavy atom. The lowest BCUT2D eigenvalue weighted by molar-refractivity contribution is 0.0814. The molecule has 3 unspecified atom stereocenters. The first kappa shape index (κ1) is 14.1. The van der Waals surface area contributed by atoms with Crippen LogP contribution in [0, 0.1) is 0 Å². The molecule has 0 bridgehead atoms. The molecule has 1 heterocycles. The molecule has 1 saturated heterocycles. The van der Waals surface area contributed by atoms with Crippen molar-refractivity contribution in [2.75, 3.05) is 20.2 Å².